The number of nitrogens with two attached hydrogens (primary N) is 2. The quantitative estimate of drug-likeness (QED) is 0.443. The number of aryl methyl sites for hydroxylation is 2. The molecule has 5 N–H and O–H groups in total. The van der Waals surface area contributed by atoms with Crippen LogP contribution in [0.25, 0.3) is 0 Å². The third-order valence-corrected chi connectivity index (χ3v) is 4.39. The molecule has 1 aliphatic rings. The summed E-state index contributed by atoms with van der Waals surface area (Å²) in [5.41, 5.74) is 15.3. The zero-order valence-corrected chi connectivity index (χ0v) is 15.0. The number of fused-ring (bicyclic) bond motifs is 1. The minimum absolute atomic E-state index is 0.0955. The molecule has 0 aliphatic heterocycles. The van der Waals surface area contributed by atoms with Gasteiger partial charge in [-0.05, 0) is 32.3 Å². The van der Waals surface area contributed by atoms with E-state index in [2.05, 4.69) is 15.5 Å². The number of carbonyl (C=O) groups excluding carboxylic acids is 1. The van der Waals surface area contributed by atoms with Crippen LogP contribution >= 0.6 is 0 Å². The van der Waals surface area contributed by atoms with Crippen molar-refractivity contribution in [2.75, 3.05) is 0 Å². The molecule has 0 atom stereocenters. The van der Waals surface area contributed by atoms with E-state index < -0.39 is 0 Å². The molecule has 1 aromatic carbocycles. The summed E-state index contributed by atoms with van der Waals surface area (Å²) in [6, 6.07) is 8.03. The van der Waals surface area contributed by atoms with E-state index in [1.807, 2.05) is 38.1 Å². The van der Waals surface area contributed by atoms with Crippen LogP contribution in [0.4, 0.5) is 0 Å². The van der Waals surface area contributed by atoms with Gasteiger partial charge in [0.2, 0.25) is 5.96 Å². The average molecular weight is 353 g/mol. The van der Waals surface area contributed by atoms with Gasteiger partial charge >= 0.3 is 0 Å². The zero-order valence-electron chi connectivity index (χ0n) is 15.0. The van der Waals surface area contributed by atoms with Crippen molar-refractivity contribution in [3.8, 4) is 0 Å². The molecule has 0 saturated carbocycles. The van der Waals surface area contributed by atoms with Crippen molar-refractivity contribution in [3.05, 3.63) is 58.0 Å². The molecule has 0 radical (unpaired) electrons. The first-order valence-corrected chi connectivity index (χ1v) is 8.57. The van der Waals surface area contributed by atoms with Crippen LogP contribution in [-0.2, 0) is 13.0 Å². The Labute approximate surface area is 152 Å². The third kappa shape index (κ3) is 3.77. The Morgan fingerprint density at radius 2 is 1.92 bits per heavy atom. The summed E-state index contributed by atoms with van der Waals surface area (Å²) in [6.45, 7) is 4.33. The van der Waals surface area contributed by atoms with Gasteiger partial charge in [-0.15, -0.1) is 5.10 Å². The van der Waals surface area contributed by atoms with Crippen LogP contribution < -0.4 is 16.8 Å². The summed E-state index contributed by atoms with van der Waals surface area (Å²) in [7, 11) is 0. The van der Waals surface area contributed by atoms with E-state index in [1.54, 1.807) is 0 Å². The number of furan rings is 1. The van der Waals surface area contributed by atoms with Crippen LogP contribution in [0.15, 0.2) is 38.9 Å². The topological polar surface area (TPSA) is 119 Å². The largest absolute Gasteiger partial charge is 0.455 e. The number of hydrogen-bond acceptors (Lipinski definition) is 4. The first-order valence-electron chi connectivity index (χ1n) is 8.57. The van der Waals surface area contributed by atoms with E-state index in [-0.39, 0.29) is 11.9 Å². The van der Waals surface area contributed by atoms with Gasteiger partial charge in [0.25, 0.3) is 5.91 Å². The molecular weight excluding hydrogens is 330 g/mol. The molecule has 0 saturated heterocycles. The molecule has 0 spiro atoms. The van der Waals surface area contributed by atoms with Gasteiger partial charge < -0.3 is 21.2 Å². The summed E-state index contributed by atoms with van der Waals surface area (Å²) in [5.74, 6) is 0.751. The van der Waals surface area contributed by atoms with Gasteiger partial charge in [-0.2, -0.15) is 5.10 Å². The molecule has 0 bridgehead atoms. The molecule has 7 nitrogen and oxygen atoms in total. The number of carbonyl (C=O) groups is 1. The number of nitrogens with zero attached hydrogens (tertiary/aromatic N) is 2. The fourth-order valence-electron chi connectivity index (χ4n) is 3.07. The lowest BCUT2D eigenvalue weighted by Gasteiger charge is -2.11. The maximum atomic E-state index is 12.6. The molecule has 7 heteroatoms. The highest BCUT2D eigenvalue weighted by Crippen LogP contribution is 2.30. The Balaban J connectivity index is 1.81. The number of guanidine groups is 1. The number of nitrogens with one attached hydrogen (secondary N) is 1. The number of benzene rings is 1. The molecule has 2 aromatic rings. The van der Waals surface area contributed by atoms with Crippen molar-refractivity contribution >= 4 is 17.6 Å². The second-order valence-corrected chi connectivity index (χ2v) is 6.45. The van der Waals surface area contributed by atoms with Gasteiger partial charge in [0.15, 0.2) is 5.76 Å². The Bertz CT molecular complexity index is 874. The van der Waals surface area contributed by atoms with Gasteiger partial charge in [0.05, 0.1) is 5.71 Å². The summed E-state index contributed by atoms with van der Waals surface area (Å²) in [6.07, 6.45) is 2.39. The molecule has 136 valence electrons. The summed E-state index contributed by atoms with van der Waals surface area (Å²) < 4.78 is 5.84. The third-order valence-electron chi connectivity index (χ3n) is 4.39. The number of amides is 1. The van der Waals surface area contributed by atoms with Gasteiger partial charge in [-0.3, -0.25) is 4.79 Å². The van der Waals surface area contributed by atoms with Crippen LogP contribution in [0.1, 0.15) is 51.4 Å². The van der Waals surface area contributed by atoms with E-state index in [1.165, 1.54) is 5.56 Å². The Kier molecular flexibility index (Phi) is 5.06. The lowest BCUT2D eigenvalue weighted by Crippen LogP contribution is -2.23. The molecule has 3 rings (SSSR count). The predicted octanol–water partition coefficient (Wildman–Crippen LogP) is 2.14. The fourth-order valence-corrected chi connectivity index (χ4v) is 3.07. The van der Waals surface area contributed by atoms with Gasteiger partial charge in [0, 0.05) is 24.1 Å². The average Bonchev–Trinajstić information content (AvgIpc) is 2.97. The standard InChI is InChI=1S/C19H23N5O2/c1-11-6-8-13(9-7-11)10-22-18(25)17-12(2)16-14(23-24-19(20)21)4-3-5-15(16)26-17/h6-9H,3-5,10H2,1-2H3,(H,22,25)(H4,20,21,24)/b23-14+. The summed E-state index contributed by atoms with van der Waals surface area (Å²) >= 11 is 0. The Morgan fingerprint density at radius 3 is 2.62 bits per heavy atom. The van der Waals surface area contributed by atoms with Crippen molar-refractivity contribution in [2.45, 2.75) is 39.7 Å². The normalized spacial score (nSPS) is 14.8. The molecule has 0 unspecified atom stereocenters. The molecular formula is C19H23N5O2. The van der Waals surface area contributed by atoms with E-state index in [4.69, 9.17) is 15.9 Å². The summed E-state index contributed by atoms with van der Waals surface area (Å²) in [5, 5.41) is 10.8. The molecule has 1 aromatic heterocycles. The van der Waals surface area contributed by atoms with Gasteiger partial charge in [0.1, 0.15) is 5.76 Å². The van der Waals surface area contributed by atoms with Crippen LogP contribution in [-0.4, -0.2) is 17.6 Å². The number of hydrogen-bond donors (Lipinski definition) is 3. The van der Waals surface area contributed by atoms with Crippen molar-refractivity contribution in [2.24, 2.45) is 21.7 Å². The second-order valence-electron chi connectivity index (χ2n) is 6.45. The Hall–Kier alpha value is -3.09. The van der Waals surface area contributed by atoms with E-state index in [0.29, 0.717) is 12.3 Å². The van der Waals surface area contributed by atoms with Crippen molar-refractivity contribution < 1.29 is 9.21 Å². The lowest BCUT2D eigenvalue weighted by atomic mass is 9.93. The minimum Gasteiger partial charge on any atom is -0.455 e. The highest BCUT2D eigenvalue weighted by Gasteiger charge is 2.27. The van der Waals surface area contributed by atoms with Gasteiger partial charge in [-0.1, -0.05) is 29.8 Å². The molecule has 26 heavy (non-hydrogen) atoms. The minimum atomic E-state index is -0.237. The van der Waals surface area contributed by atoms with Crippen molar-refractivity contribution in [1.29, 1.82) is 0 Å². The molecule has 1 aliphatic carbocycles. The fraction of sp³-hybridized carbons (Fsp3) is 0.316. The molecule has 0 fully saturated rings. The van der Waals surface area contributed by atoms with Crippen LogP contribution in [0.3, 0.4) is 0 Å². The van der Waals surface area contributed by atoms with E-state index >= 15 is 0 Å². The maximum Gasteiger partial charge on any atom is 0.287 e. The smallest absolute Gasteiger partial charge is 0.287 e. The van der Waals surface area contributed by atoms with Gasteiger partial charge in [-0.25, -0.2) is 0 Å². The van der Waals surface area contributed by atoms with Crippen molar-refractivity contribution in [3.63, 3.8) is 0 Å². The highest BCUT2D eigenvalue weighted by atomic mass is 16.4. The lowest BCUT2D eigenvalue weighted by molar-refractivity contribution is 0.0920. The first kappa shape index (κ1) is 17.7. The highest BCUT2D eigenvalue weighted by molar-refractivity contribution is 6.06. The van der Waals surface area contributed by atoms with Crippen LogP contribution in [0, 0.1) is 13.8 Å². The molecule has 1 heterocycles. The monoisotopic (exact) mass is 353 g/mol. The predicted molar refractivity (Wildman–Crippen MR) is 101 cm³/mol. The van der Waals surface area contributed by atoms with E-state index in [0.717, 1.165) is 47.4 Å². The number of rotatable bonds is 4. The Morgan fingerprint density at radius 1 is 1.19 bits per heavy atom. The second kappa shape index (κ2) is 7.43. The van der Waals surface area contributed by atoms with Crippen LogP contribution in [0.2, 0.25) is 0 Å². The van der Waals surface area contributed by atoms with Crippen molar-refractivity contribution in [1.82, 2.24) is 5.32 Å². The summed E-state index contributed by atoms with van der Waals surface area (Å²) in [4.78, 5) is 12.6. The first-order chi connectivity index (χ1) is 12.5. The SMILES string of the molecule is Cc1ccc(CNC(=O)c2oc3c(c2C)/C(=N/N=C(N)N)CCC3)cc1. The zero-order chi connectivity index (χ0) is 18.7. The molecule has 1 amide bonds. The maximum absolute atomic E-state index is 12.6. The van der Waals surface area contributed by atoms with E-state index in [9.17, 15) is 4.79 Å². The van der Waals surface area contributed by atoms with Crippen LogP contribution in [0.5, 0.6) is 0 Å².